The average molecular weight is 569 g/mol. The Morgan fingerprint density at radius 1 is 1.08 bits per heavy atom. The van der Waals surface area contributed by atoms with Gasteiger partial charge in [0.05, 0.1) is 24.3 Å². The van der Waals surface area contributed by atoms with Gasteiger partial charge in [-0.15, -0.1) is 0 Å². The van der Waals surface area contributed by atoms with Gasteiger partial charge in [0.2, 0.25) is 0 Å². The number of nitrogens with one attached hydrogen (secondary N) is 1. The molecule has 1 aliphatic heterocycles. The molecule has 0 spiro atoms. The summed E-state index contributed by atoms with van der Waals surface area (Å²) in [4.78, 5) is 27.6. The van der Waals surface area contributed by atoms with Crippen LogP contribution in [0.2, 0.25) is 5.02 Å². The number of ether oxygens (including phenoxy) is 3. The van der Waals surface area contributed by atoms with Gasteiger partial charge in [-0.3, -0.25) is 14.5 Å². The number of halogens is 1. The molecule has 0 saturated carbocycles. The van der Waals surface area contributed by atoms with Crippen molar-refractivity contribution in [3.8, 4) is 17.2 Å². The summed E-state index contributed by atoms with van der Waals surface area (Å²) in [5.74, 6) is 1.02. The molecule has 1 heterocycles. The molecular weight excluding hydrogens is 544 g/mol. The molecule has 1 fully saturated rings. The highest BCUT2D eigenvalue weighted by molar-refractivity contribution is 8.27. The number of anilines is 2. The SMILES string of the molecule is CCOc1cc(/C=C2\SC(=S)N(c3ccc(OC)cc3)C2=O)ccc1OCC(=O)Nc1cc(Cl)ccc1C. The molecule has 0 bridgehead atoms. The zero-order valence-corrected chi connectivity index (χ0v) is 23.3. The van der Waals surface area contributed by atoms with Crippen LogP contribution in [0, 0.1) is 6.92 Å². The summed E-state index contributed by atoms with van der Waals surface area (Å²) in [6, 6.07) is 17.7. The third-order valence-electron chi connectivity index (χ3n) is 5.52. The summed E-state index contributed by atoms with van der Waals surface area (Å²) in [5, 5.41) is 3.33. The van der Waals surface area contributed by atoms with E-state index in [0.29, 0.717) is 49.5 Å². The quantitative estimate of drug-likeness (QED) is 0.234. The van der Waals surface area contributed by atoms with Crippen LogP contribution in [-0.4, -0.2) is 36.5 Å². The van der Waals surface area contributed by atoms with Crippen molar-refractivity contribution < 1.29 is 23.8 Å². The van der Waals surface area contributed by atoms with Crippen molar-refractivity contribution in [3.05, 3.63) is 81.7 Å². The highest BCUT2D eigenvalue weighted by atomic mass is 35.5. The van der Waals surface area contributed by atoms with E-state index in [2.05, 4.69) is 5.32 Å². The van der Waals surface area contributed by atoms with Gasteiger partial charge in [0.1, 0.15) is 5.75 Å². The van der Waals surface area contributed by atoms with E-state index in [1.165, 1.54) is 16.7 Å². The number of carbonyl (C=O) groups excluding carboxylic acids is 2. The third kappa shape index (κ3) is 6.48. The molecule has 196 valence electrons. The maximum atomic E-state index is 13.1. The fourth-order valence-corrected chi connectivity index (χ4v) is 5.10. The van der Waals surface area contributed by atoms with Gasteiger partial charge in [0.25, 0.3) is 11.8 Å². The van der Waals surface area contributed by atoms with Crippen LogP contribution in [-0.2, 0) is 9.59 Å². The number of methoxy groups -OCH3 is 1. The first-order valence-electron chi connectivity index (χ1n) is 11.7. The smallest absolute Gasteiger partial charge is 0.270 e. The van der Waals surface area contributed by atoms with E-state index in [9.17, 15) is 9.59 Å². The van der Waals surface area contributed by atoms with E-state index in [1.54, 1.807) is 67.8 Å². The van der Waals surface area contributed by atoms with Crippen LogP contribution in [0.3, 0.4) is 0 Å². The number of benzene rings is 3. The van der Waals surface area contributed by atoms with Crippen molar-refractivity contribution in [1.29, 1.82) is 0 Å². The second-order valence-electron chi connectivity index (χ2n) is 8.15. The lowest BCUT2D eigenvalue weighted by molar-refractivity contribution is -0.118. The van der Waals surface area contributed by atoms with E-state index >= 15 is 0 Å². The number of hydrogen-bond acceptors (Lipinski definition) is 7. The predicted octanol–water partition coefficient (Wildman–Crippen LogP) is 6.48. The van der Waals surface area contributed by atoms with Crippen LogP contribution in [0.25, 0.3) is 6.08 Å². The second-order valence-corrected chi connectivity index (χ2v) is 10.3. The normalized spacial score (nSPS) is 14.1. The highest BCUT2D eigenvalue weighted by Crippen LogP contribution is 2.37. The highest BCUT2D eigenvalue weighted by Gasteiger charge is 2.33. The Hall–Kier alpha value is -3.53. The fraction of sp³-hybridized carbons (Fsp3) is 0.179. The summed E-state index contributed by atoms with van der Waals surface area (Å²) >= 11 is 12.7. The van der Waals surface area contributed by atoms with Gasteiger partial charge in [0.15, 0.2) is 22.4 Å². The van der Waals surface area contributed by atoms with Gasteiger partial charge >= 0.3 is 0 Å². The average Bonchev–Trinajstić information content (AvgIpc) is 3.18. The summed E-state index contributed by atoms with van der Waals surface area (Å²) < 4.78 is 17.1. The Labute approximate surface area is 235 Å². The molecule has 2 amide bonds. The fourth-order valence-electron chi connectivity index (χ4n) is 3.63. The molecule has 0 radical (unpaired) electrons. The summed E-state index contributed by atoms with van der Waals surface area (Å²) in [6.07, 6.45) is 1.75. The van der Waals surface area contributed by atoms with Crippen LogP contribution in [0.5, 0.6) is 17.2 Å². The van der Waals surface area contributed by atoms with Crippen molar-refractivity contribution >= 4 is 69.2 Å². The van der Waals surface area contributed by atoms with Crippen LogP contribution in [0.15, 0.2) is 65.6 Å². The largest absolute Gasteiger partial charge is 0.497 e. The summed E-state index contributed by atoms with van der Waals surface area (Å²) in [6.45, 7) is 3.91. The number of rotatable bonds is 9. The molecule has 0 unspecified atom stereocenters. The molecule has 3 aromatic rings. The lowest BCUT2D eigenvalue weighted by Gasteiger charge is -2.15. The second kappa shape index (κ2) is 12.3. The van der Waals surface area contributed by atoms with Crippen molar-refractivity contribution in [2.75, 3.05) is 30.5 Å². The minimum Gasteiger partial charge on any atom is -0.497 e. The van der Waals surface area contributed by atoms with E-state index in [0.717, 1.165) is 11.1 Å². The third-order valence-corrected chi connectivity index (χ3v) is 7.06. The first kappa shape index (κ1) is 27.5. The summed E-state index contributed by atoms with van der Waals surface area (Å²) in [7, 11) is 1.58. The van der Waals surface area contributed by atoms with Crippen LogP contribution < -0.4 is 24.4 Å². The van der Waals surface area contributed by atoms with Crippen LogP contribution >= 0.6 is 35.6 Å². The summed E-state index contributed by atoms with van der Waals surface area (Å²) in [5.41, 5.74) is 2.91. The van der Waals surface area contributed by atoms with E-state index in [1.807, 2.05) is 19.9 Å². The molecule has 3 aromatic carbocycles. The van der Waals surface area contributed by atoms with Gasteiger partial charge < -0.3 is 19.5 Å². The van der Waals surface area contributed by atoms with Gasteiger partial charge in [-0.05, 0) is 79.6 Å². The molecule has 4 rings (SSSR count). The number of hydrogen-bond donors (Lipinski definition) is 1. The molecule has 0 aliphatic carbocycles. The Bertz CT molecular complexity index is 1410. The molecule has 1 aliphatic rings. The van der Waals surface area contributed by atoms with E-state index in [4.69, 9.17) is 38.0 Å². The van der Waals surface area contributed by atoms with Crippen molar-refractivity contribution in [2.45, 2.75) is 13.8 Å². The van der Waals surface area contributed by atoms with E-state index < -0.39 is 0 Å². The predicted molar refractivity (Wildman–Crippen MR) is 157 cm³/mol. The molecular formula is C28H25ClN2O5S2. The number of nitrogens with zero attached hydrogens (tertiary/aromatic N) is 1. The topological polar surface area (TPSA) is 77.1 Å². The minimum absolute atomic E-state index is 0.212. The monoisotopic (exact) mass is 568 g/mol. The molecule has 1 N–H and O–H groups in total. The van der Waals surface area contributed by atoms with E-state index in [-0.39, 0.29) is 18.4 Å². The first-order valence-corrected chi connectivity index (χ1v) is 13.3. The molecule has 1 saturated heterocycles. The van der Waals surface area contributed by atoms with Crippen molar-refractivity contribution in [2.24, 2.45) is 0 Å². The Kier molecular flexibility index (Phi) is 8.93. The number of thiocarbonyl (C=S) groups is 1. The van der Waals surface area contributed by atoms with Gasteiger partial charge in [-0.2, -0.15) is 0 Å². The number of aryl methyl sites for hydroxylation is 1. The molecule has 7 nitrogen and oxygen atoms in total. The standard InChI is InChI=1S/C28H25ClN2O5S2/c1-4-35-24-13-18(6-12-23(24)36-16-26(32)30-22-15-19(29)7-5-17(22)2)14-25-27(33)31(28(37)38-25)20-8-10-21(34-3)11-9-20/h5-15H,4,16H2,1-3H3,(H,30,32)/b25-14-. The molecule has 0 atom stereocenters. The first-order chi connectivity index (χ1) is 18.3. The lowest BCUT2D eigenvalue weighted by atomic mass is 10.1. The van der Waals surface area contributed by atoms with Crippen LogP contribution in [0.4, 0.5) is 11.4 Å². The number of thioether (sulfide) groups is 1. The molecule has 10 heteroatoms. The van der Waals surface area contributed by atoms with Crippen LogP contribution in [0.1, 0.15) is 18.1 Å². The number of amides is 2. The lowest BCUT2D eigenvalue weighted by Crippen LogP contribution is -2.27. The van der Waals surface area contributed by atoms with Gasteiger partial charge in [-0.25, -0.2) is 0 Å². The Morgan fingerprint density at radius 2 is 1.84 bits per heavy atom. The van der Waals surface area contributed by atoms with Gasteiger partial charge in [-0.1, -0.05) is 47.7 Å². The Balaban J connectivity index is 1.47. The van der Waals surface area contributed by atoms with Crippen molar-refractivity contribution in [3.63, 3.8) is 0 Å². The van der Waals surface area contributed by atoms with Gasteiger partial charge in [0, 0.05) is 10.7 Å². The maximum Gasteiger partial charge on any atom is 0.270 e. The maximum absolute atomic E-state index is 13.1. The Morgan fingerprint density at radius 3 is 2.55 bits per heavy atom. The molecule has 38 heavy (non-hydrogen) atoms. The minimum atomic E-state index is -0.330. The number of carbonyl (C=O) groups is 2. The molecule has 0 aromatic heterocycles. The zero-order chi connectivity index (χ0) is 27.2. The van der Waals surface area contributed by atoms with Crippen molar-refractivity contribution in [1.82, 2.24) is 0 Å². The zero-order valence-electron chi connectivity index (χ0n) is 20.9.